The van der Waals surface area contributed by atoms with Gasteiger partial charge in [0.1, 0.15) is 11.4 Å². The highest BCUT2D eigenvalue weighted by atomic mass is 32.2. The highest BCUT2D eigenvalue weighted by Crippen LogP contribution is 2.35. The Morgan fingerprint density at radius 1 is 0.935 bits per heavy atom. The van der Waals surface area contributed by atoms with Crippen LogP contribution in [-0.2, 0) is 4.79 Å². The molecule has 1 N–H and O–H groups in total. The maximum atomic E-state index is 12.3. The van der Waals surface area contributed by atoms with Crippen LogP contribution >= 0.6 is 11.8 Å². The molecular weight excluding hydrogens is 408 g/mol. The Morgan fingerprint density at radius 3 is 2.23 bits per heavy atom. The number of anilines is 1. The normalized spacial score (nSPS) is 10.6. The number of amides is 1. The molecule has 6 heteroatoms. The summed E-state index contributed by atoms with van der Waals surface area (Å²) in [7, 11) is 1.61. The lowest BCUT2D eigenvalue weighted by molar-refractivity contribution is -0.115. The molecule has 0 unspecified atom stereocenters. The molecule has 0 aliphatic carbocycles. The monoisotopic (exact) mass is 430 g/mol. The van der Waals surface area contributed by atoms with E-state index in [1.165, 1.54) is 11.8 Å². The Hall–Kier alpha value is -3.51. The summed E-state index contributed by atoms with van der Waals surface area (Å²) in [5, 5.41) is 3.44. The molecule has 0 spiro atoms. The van der Waals surface area contributed by atoms with Crippen molar-refractivity contribution in [3.05, 3.63) is 84.9 Å². The molecule has 0 atom stereocenters. The van der Waals surface area contributed by atoms with Gasteiger partial charge in [-0.05, 0) is 24.3 Å². The largest absolute Gasteiger partial charge is 0.497 e. The maximum Gasteiger partial charge on any atom is 0.256 e. The van der Waals surface area contributed by atoms with Gasteiger partial charge in [0.25, 0.3) is 5.22 Å². The van der Waals surface area contributed by atoms with E-state index in [0.29, 0.717) is 17.4 Å². The fraction of sp³-hybridized carbons (Fsp3) is 0.120. The zero-order valence-corrected chi connectivity index (χ0v) is 17.9. The lowest BCUT2D eigenvalue weighted by Gasteiger charge is -2.05. The van der Waals surface area contributed by atoms with Crippen molar-refractivity contribution in [1.29, 1.82) is 0 Å². The number of hydrogen-bond donors (Lipinski definition) is 1. The quantitative estimate of drug-likeness (QED) is 0.340. The zero-order chi connectivity index (χ0) is 21.5. The van der Waals surface area contributed by atoms with Crippen molar-refractivity contribution in [3.63, 3.8) is 0 Å². The fourth-order valence-corrected chi connectivity index (χ4v) is 3.83. The molecule has 3 aromatic carbocycles. The predicted molar refractivity (Wildman–Crippen MR) is 124 cm³/mol. The number of methoxy groups -OCH3 is 1. The molecular formula is C25H22N2O3S. The topological polar surface area (TPSA) is 64.4 Å². The zero-order valence-electron chi connectivity index (χ0n) is 17.1. The summed E-state index contributed by atoms with van der Waals surface area (Å²) < 4.78 is 11.2. The van der Waals surface area contributed by atoms with E-state index in [1.54, 1.807) is 7.11 Å². The molecule has 1 aromatic heterocycles. The number of benzene rings is 3. The highest BCUT2D eigenvalue weighted by molar-refractivity contribution is 7.99. The second-order valence-corrected chi connectivity index (χ2v) is 7.81. The molecule has 4 aromatic rings. The van der Waals surface area contributed by atoms with Crippen LogP contribution in [-0.4, -0.2) is 23.8 Å². The van der Waals surface area contributed by atoms with Gasteiger partial charge in [-0.15, -0.1) is 0 Å². The summed E-state index contributed by atoms with van der Waals surface area (Å²) in [4.78, 5) is 17.0. The van der Waals surface area contributed by atoms with Crippen molar-refractivity contribution in [2.75, 3.05) is 18.2 Å². The Kier molecular flexibility index (Phi) is 6.69. The number of hydrogen-bond acceptors (Lipinski definition) is 5. The van der Waals surface area contributed by atoms with E-state index in [-0.39, 0.29) is 5.91 Å². The van der Waals surface area contributed by atoms with Crippen LogP contribution in [0, 0.1) is 0 Å². The number of carbonyl (C=O) groups excluding carboxylic acids is 1. The van der Waals surface area contributed by atoms with Gasteiger partial charge in [0.05, 0.1) is 7.11 Å². The molecule has 0 aliphatic rings. The standard InChI is InChI=1S/C25H22N2O3S/c1-29-21-14-12-20(13-15-21)26-22(28)16-17-31-25-27-23(18-8-4-2-5-9-18)24(30-25)19-10-6-3-7-11-19/h2-15H,16-17H2,1H3,(H,26,28). The summed E-state index contributed by atoms with van der Waals surface area (Å²) in [6, 6.07) is 27.2. The van der Waals surface area contributed by atoms with Crippen molar-refractivity contribution in [3.8, 4) is 28.3 Å². The van der Waals surface area contributed by atoms with Crippen molar-refractivity contribution in [2.45, 2.75) is 11.6 Å². The molecule has 1 amide bonds. The van der Waals surface area contributed by atoms with Gasteiger partial charge in [0, 0.05) is 29.0 Å². The molecule has 1 heterocycles. The fourth-order valence-electron chi connectivity index (χ4n) is 3.07. The molecule has 156 valence electrons. The molecule has 0 saturated carbocycles. The van der Waals surface area contributed by atoms with Gasteiger partial charge < -0.3 is 14.5 Å². The highest BCUT2D eigenvalue weighted by Gasteiger charge is 2.17. The van der Waals surface area contributed by atoms with Gasteiger partial charge in [0.2, 0.25) is 5.91 Å². The lowest BCUT2D eigenvalue weighted by atomic mass is 10.1. The van der Waals surface area contributed by atoms with Crippen LogP contribution in [0.2, 0.25) is 0 Å². The average Bonchev–Trinajstić information content (AvgIpc) is 3.25. The number of ether oxygens (including phenoxy) is 1. The van der Waals surface area contributed by atoms with Crippen molar-refractivity contribution in [2.24, 2.45) is 0 Å². The third-order valence-electron chi connectivity index (χ3n) is 4.62. The van der Waals surface area contributed by atoms with Crippen LogP contribution in [0.3, 0.4) is 0 Å². The van der Waals surface area contributed by atoms with Crippen LogP contribution in [0.4, 0.5) is 5.69 Å². The summed E-state index contributed by atoms with van der Waals surface area (Å²) in [6.07, 6.45) is 0.348. The first-order valence-corrected chi connectivity index (χ1v) is 10.9. The summed E-state index contributed by atoms with van der Waals surface area (Å²) in [5.74, 6) is 1.99. The molecule has 0 radical (unpaired) electrons. The molecule has 5 nitrogen and oxygen atoms in total. The van der Waals surface area contributed by atoms with Crippen LogP contribution < -0.4 is 10.1 Å². The number of nitrogens with zero attached hydrogens (tertiary/aromatic N) is 1. The second-order valence-electron chi connectivity index (χ2n) is 6.76. The first kappa shape index (κ1) is 20.8. The minimum absolute atomic E-state index is 0.0595. The third-order valence-corrected chi connectivity index (χ3v) is 5.45. The van der Waals surface area contributed by atoms with E-state index in [0.717, 1.165) is 34.0 Å². The Labute approximate surface area is 185 Å². The molecule has 0 bridgehead atoms. The van der Waals surface area contributed by atoms with E-state index in [2.05, 4.69) is 5.32 Å². The summed E-state index contributed by atoms with van der Waals surface area (Å²) in [5.41, 5.74) is 3.51. The lowest BCUT2D eigenvalue weighted by Crippen LogP contribution is -2.12. The van der Waals surface area contributed by atoms with Crippen LogP contribution in [0.15, 0.2) is 94.6 Å². The van der Waals surface area contributed by atoms with Gasteiger partial charge >= 0.3 is 0 Å². The molecule has 31 heavy (non-hydrogen) atoms. The van der Waals surface area contributed by atoms with E-state index in [4.69, 9.17) is 14.1 Å². The van der Waals surface area contributed by atoms with Gasteiger partial charge in [-0.25, -0.2) is 4.98 Å². The minimum atomic E-state index is -0.0595. The van der Waals surface area contributed by atoms with E-state index in [1.807, 2.05) is 84.9 Å². The molecule has 0 saturated heterocycles. The Morgan fingerprint density at radius 2 is 1.58 bits per heavy atom. The Balaban J connectivity index is 1.42. The number of carbonyl (C=O) groups is 1. The summed E-state index contributed by atoms with van der Waals surface area (Å²) in [6.45, 7) is 0. The van der Waals surface area contributed by atoms with Crippen LogP contribution in [0.5, 0.6) is 5.75 Å². The predicted octanol–water partition coefficient (Wildman–Crippen LogP) is 6.14. The van der Waals surface area contributed by atoms with Crippen molar-refractivity contribution < 1.29 is 13.9 Å². The van der Waals surface area contributed by atoms with Crippen LogP contribution in [0.25, 0.3) is 22.6 Å². The van der Waals surface area contributed by atoms with Gasteiger partial charge in [-0.3, -0.25) is 4.79 Å². The average molecular weight is 431 g/mol. The SMILES string of the molecule is COc1ccc(NC(=O)CCSc2nc(-c3ccccc3)c(-c3ccccc3)o2)cc1. The van der Waals surface area contributed by atoms with Gasteiger partial charge in [0.15, 0.2) is 5.76 Å². The van der Waals surface area contributed by atoms with Crippen molar-refractivity contribution in [1.82, 2.24) is 4.98 Å². The van der Waals surface area contributed by atoms with Crippen LogP contribution in [0.1, 0.15) is 6.42 Å². The molecule has 4 rings (SSSR count). The molecule has 0 fully saturated rings. The number of thioether (sulfide) groups is 1. The van der Waals surface area contributed by atoms with Gasteiger partial charge in [-0.2, -0.15) is 0 Å². The number of oxazole rings is 1. The number of rotatable bonds is 8. The molecule has 0 aliphatic heterocycles. The van der Waals surface area contributed by atoms with Gasteiger partial charge in [-0.1, -0.05) is 72.4 Å². The van der Waals surface area contributed by atoms with Crippen molar-refractivity contribution >= 4 is 23.4 Å². The van der Waals surface area contributed by atoms with E-state index in [9.17, 15) is 4.79 Å². The second kappa shape index (κ2) is 10.00. The van der Waals surface area contributed by atoms with E-state index >= 15 is 0 Å². The Bertz CT molecular complexity index is 1070. The number of nitrogens with one attached hydrogen (secondary N) is 1. The van der Waals surface area contributed by atoms with E-state index < -0.39 is 0 Å². The minimum Gasteiger partial charge on any atom is -0.497 e. The maximum absolute atomic E-state index is 12.3. The smallest absolute Gasteiger partial charge is 0.256 e. The summed E-state index contributed by atoms with van der Waals surface area (Å²) >= 11 is 1.43. The third kappa shape index (κ3) is 5.35. The number of aromatic nitrogens is 1. The first-order valence-electron chi connectivity index (χ1n) is 9.91. The first-order chi connectivity index (χ1) is 15.2.